The van der Waals surface area contributed by atoms with Crippen LogP contribution in [0, 0.1) is 0 Å². The van der Waals surface area contributed by atoms with Crippen LogP contribution in [0.4, 0.5) is 13.2 Å². The van der Waals surface area contributed by atoms with E-state index in [9.17, 15) is 18.3 Å². The quantitative estimate of drug-likeness (QED) is 0.928. The molecular weight excluding hydrogens is 277 g/mol. The van der Waals surface area contributed by atoms with Gasteiger partial charge < -0.3 is 5.11 Å². The summed E-state index contributed by atoms with van der Waals surface area (Å²) in [5.74, 6) is 0. The summed E-state index contributed by atoms with van der Waals surface area (Å²) >= 11 is 3.06. The van der Waals surface area contributed by atoms with Crippen molar-refractivity contribution in [2.45, 2.75) is 32.2 Å². The van der Waals surface area contributed by atoms with E-state index < -0.39 is 18.7 Å². The monoisotopic (exact) mass is 286 g/mol. The molecule has 0 spiro atoms. The summed E-state index contributed by atoms with van der Waals surface area (Å²) in [6.07, 6.45) is -5.86. The highest BCUT2D eigenvalue weighted by Gasteiger charge is 2.33. The fraction of sp³-hybridized carbons (Fsp3) is 0.625. The van der Waals surface area contributed by atoms with E-state index in [-0.39, 0.29) is 5.69 Å². The first-order valence-electron chi connectivity index (χ1n) is 4.31. The second-order valence-corrected chi connectivity index (χ2v) is 3.88. The zero-order valence-corrected chi connectivity index (χ0v) is 9.51. The Hall–Kier alpha value is -0.560. The van der Waals surface area contributed by atoms with E-state index in [0.717, 1.165) is 0 Å². The molecule has 1 heterocycles. The molecule has 0 aromatic carbocycles. The summed E-state index contributed by atoms with van der Waals surface area (Å²) in [6.45, 7) is 2.15. The van der Waals surface area contributed by atoms with Crippen LogP contribution in [0.1, 0.15) is 25.1 Å². The Kier molecular flexibility index (Phi) is 3.77. The van der Waals surface area contributed by atoms with E-state index in [1.807, 2.05) is 0 Å². The summed E-state index contributed by atoms with van der Waals surface area (Å²) in [7, 11) is 0. The summed E-state index contributed by atoms with van der Waals surface area (Å²) in [6, 6.07) is 0. The second kappa shape index (κ2) is 4.52. The molecule has 1 unspecified atom stereocenters. The number of nitrogens with zero attached hydrogens (tertiary/aromatic N) is 2. The van der Waals surface area contributed by atoms with Crippen LogP contribution in [-0.2, 0) is 6.54 Å². The minimum Gasteiger partial charge on any atom is -0.386 e. The van der Waals surface area contributed by atoms with Crippen molar-refractivity contribution in [3.05, 3.63) is 16.4 Å². The molecule has 0 aliphatic carbocycles. The van der Waals surface area contributed by atoms with Gasteiger partial charge in [-0.05, 0) is 22.9 Å². The van der Waals surface area contributed by atoms with Crippen LogP contribution in [-0.4, -0.2) is 21.1 Å². The lowest BCUT2D eigenvalue weighted by Crippen LogP contribution is -2.17. The van der Waals surface area contributed by atoms with Gasteiger partial charge in [-0.3, -0.25) is 4.68 Å². The maximum absolute atomic E-state index is 12.1. The topological polar surface area (TPSA) is 38.0 Å². The van der Waals surface area contributed by atoms with Gasteiger partial charge in [0.25, 0.3) is 0 Å². The molecule has 3 nitrogen and oxygen atoms in total. The SMILES string of the molecule is CCn1ncc(Br)c1C(O)CC(F)(F)F. The van der Waals surface area contributed by atoms with Crippen LogP contribution in [0.15, 0.2) is 10.7 Å². The number of alkyl halides is 3. The van der Waals surface area contributed by atoms with Gasteiger partial charge in [0.1, 0.15) is 6.10 Å². The summed E-state index contributed by atoms with van der Waals surface area (Å²) < 4.78 is 37.9. The zero-order chi connectivity index (χ0) is 11.6. The maximum atomic E-state index is 12.1. The summed E-state index contributed by atoms with van der Waals surface area (Å²) in [5.41, 5.74) is 0.162. The van der Waals surface area contributed by atoms with E-state index in [2.05, 4.69) is 21.0 Å². The van der Waals surface area contributed by atoms with E-state index in [1.165, 1.54) is 10.9 Å². The van der Waals surface area contributed by atoms with Crippen molar-refractivity contribution in [3.63, 3.8) is 0 Å². The van der Waals surface area contributed by atoms with Crippen LogP contribution in [0.25, 0.3) is 0 Å². The minimum absolute atomic E-state index is 0.162. The van der Waals surface area contributed by atoms with E-state index in [4.69, 9.17) is 0 Å². The largest absolute Gasteiger partial charge is 0.391 e. The van der Waals surface area contributed by atoms with Crippen molar-refractivity contribution in [2.75, 3.05) is 0 Å². The number of hydrogen-bond donors (Lipinski definition) is 1. The molecule has 0 aliphatic rings. The Balaban J connectivity index is 2.90. The van der Waals surface area contributed by atoms with Gasteiger partial charge in [0.15, 0.2) is 0 Å². The van der Waals surface area contributed by atoms with Crippen LogP contribution < -0.4 is 0 Å². The second-order valence-electron chi connectivity index (χ2n) is 3.03. The molecule has 1 rings (SSSR count). The average Bonchev–Trinajstić information content (AvgIpc) is 2.43. The first kappa shape index (κ1) is 12.5. The third-order valence-electron chi connectivity index (χ3n) is 1.87. The average molecular weight is 287 g/mol. The van der Waals surface area contributed by atoms with Gasteiger partial charge in [-0.25, -0.2) is 0 Å². The van der Waals surface area contributed by atoms with Crippen LogP contribution >= 0.6 is 15.9 Å². The minimum atomic E-state index is -4.39. The van der Waals surface area contributed by atoms with Gasteiger partial charge in [0.2, 0.25) is 0 Å². The van der Waals surface area contributed by atoms with Crippen molar-refractivity contribution in [2.24, 2.45) is 0 Å². The number of aromatic nitrogens is 2. The number of rotatable bonds is 3. The normalized spacial score (nSPS) is 14.3. The molecule has 1 atom stereocenters. The van der Waals surface area contributed by atoms with Crippen molar-refractivity contribution >= 4 is 15.9 Å². The molecule has 1 aromatic rings. The predicted octanol–water partition coefficient (Wildman–Crippen LogP) is 2.65. The number of aliphatic hydroxyl groups excluding tert-OH is 1. The summed E-state index contributed by atoms with van der Waals surface area (Å²) in [5, 5.41) is 13.3. The molecule has 0 saturated carbocycles. The van der Waals surface area contributed by atoms with Gasteiger partial charge in [-0.2, -0.15) is 18.3 Å². The number of halogens is 4. The highest BCUT2D eigenvalue weighted by atomic mass is 79.9. The first-order valence-corrected chi connectivity index (χ1v) is 5.10. The van der Waals surface area contributed by atoms with Crippen molar-refractivity contribution in [1.29, 1.82) is 0 Å². The maximum Gasteiger partial charge on any atom is 0.391 e. The third-order valence-corrected chi connectivity index (χ3v) is 2.48. The van der Waals surface area contributed by atoms with Gasteiger partial charge in [-0.15, -0.1) is 0 Å². The molecule has 0 saturated heterocycles. The van der Waals surface area contributed by atoms with Crippen molar-refractivity contribution in [1.82, 2.24) is 9.78 Å². The molecule has 0 radical (unpaired) electrons. The zero-order valence-electron chi connectivity index (χ0n) is 7.92. The number of hydrogen-bond acceptors (Lipinski definition) is 2. The lowest BCUT2D eigenvalue weighted by atomic mass is 10.2. The Labute approximate surface area is 93.0 Å². The molecule has 15 heavy (non-hydrogen) atoms. The Morgan fingerprint density at radius 2 is 2.20 bits per heavy atom. The molecule has 7 heteroatoms. The fourth-order valence-corrected chi connectivity index (χ4v) is 1.83. The molecule has 0 fully saturated rings. The molecule has 0 bridgehead atoms. The van der Waals surface area contributed by atoms with Crippen LogP contribution in [0.2, 0.25) is 0 Å². The van der Waals surface area contributed by atoms with E-state index >= 15 is 0 Å². The molecular formula is C8H10BrF3N2O. The highest BCUT2D eigenvalue weighted by molar-refractivity contribution is 9.10. The van der Waals surface area contributed by atoms with Crippen LogP contribution in [0.5, 0.6) is 0 Å². The Morgan fingerprint density at radius 1 is 1.60 bits per heavy atom. The van der Waals surface area contributed by atoms with Crippen LogP contribution in [0.3, 0.4) is 0 Å². The first-order chi connectivity index (χ1) is 6.85. The molecule has 0 aliphatic heterocycles. The molecule has 1 aromatic heterocycles. The van der Waals surface area contributed by atoms with Gasteiger partial charge in [-0.1, -0.05) is 0 Å². The fourth-order valence-electron chi connectivity index (χ4n) is 1.27. The molecule has 0 amide bonds. The Bertz CT molecular complexity index is 337. The van der Waals surface area contributed by atoms with Gasteiger partial charge in [0, 0.05) is 6.54 Å². The third kappa shape index (κ3) is 3.20. The summed E-state index contributed by atoms with van der Waals surface area (Å²) in [4.78, 5) is 0. The van der Waals surface area contributed by atoms with E-state index in [1.54, 1.807) is 6.92 Å². The Morgan fingerprint density at radius 3 is 2.67 bits per heavy atom. The smallest absolute Gasteiger partial charge is 0.386 e. The predicted molar refractivity (Wildman–Crippen MR) is 51.2 cm³/mol. The molecule has 1 N–H and O–H groups in total. The van der Waals surface area contributed by atoms with Gasteiger partial charge in [0.05, 0.1) is 22.8 Å². The number of aryl methyl sites for hydroxylation is 1. The lowest BCUT2D eigenvalue weighted by molar-refractivity contribution is -0.155. The molecule has 86 valence electrons. The van der Waals surface area contributed by atoms with Gasteiger partial charge >= 0.3 is 6.18 Å². The van der Waals surface area contributed by atoms with Crippen molar-refractivity contribution < 1.29 is 18.3 Å². The lowest BCUT2D eigenvalue weighted by Gasteiger charge is -2.14. The van der Waals surface area contributed by atoms with E-state index in [0.29, 0.717) is 11.0 Å². The number of aliphatic hydroxyl groups is 1. The standard InChI is InChI=1S/C8H10BrF3N2O/c1-2-14-7(5(9)4-13-14)6(15)3-8(10,11)12/h4,6,15H,2-3H2,1H3. The highest BCUT2D eigenvalue weighted by Crippen LogP contribution is 2.32. The van der Waals surface area contributed by atoms with Crippen molar-refractivity contribution in [3.8, 4) is 0 Å².